The number of ether oxygens (including phenoxy) is 1. The molecule has 1 aromatic carbocycles. The molecule has 0 aromatic heterocycles. The fraction of sp³-hybridized carbons (Fsp3) is 0.500. The highest BCUT2D eigenvalue weighted by molar-refractivity contribution is 9.10. The van der Waals surface area contributed by atoms with Gasteiger partial charge < -0.3 is 15.8 Å². The van der Waals surface area contributed by atoms with Crippen LogP contribution in [0.1, 0.15) is 19.3 Å². The molecule has 112 valence electrons. The predicted molar refractivity (Wildman–Crippen MR) is 86.5 cm³/mol. The molecule has 0 heterocycles. The van der Waals surface area contributed by atoms with E-state index in [-0.39, 0.29) is 24.2 Å². The molecule has 20 heavy (non-hydrogen) atoms. The first-order chi connectivity index (χ1) is 9.15. The zero-order chi connectivity index (χ0) is 13.8. The molecule has 1 aromatic rings. The van der Waals surface area contributed by atoms with Gasteiger partial charge in [0.05, 0.1) is 11.6 Å². The third-order valence-corrected chi connectivity index (χ3v) is 4.37. The molecule has 2 atom stereocenters. The number of rotatable bonds is 4. The maximum absolute atomic E-state index is 12.2. The van der Waals surface area contributed by atoms with Crippen LogP contribution in [0, 0.1) is 11.8 Å². The topological polar surface area (TPSA) is 64.3 Å². The van der Waals surface area contributed by atoms with Gasteiger partial charge in [0.25, 0.3) is 0 Å². The largest absolute Gasteiger partial charge is 0.495 e. The van der Waals surface area contributed by atoms with E-state index < -0.39 is 0 Å². The summed E-state index contributed by atoms with van der Waals surface area (Å²) in [6.07, 6.45) is 3.07. The fourth-order valence-corrected chi connectivity index (χ4v) is 3.05. The van der Waals surface area contributed by atoms with Crippen molar-refractivity contribution in [2.75, 3.05) is 19.0 Å². The Balaban J connectivity index is 0.00000200. The molecule has 0 unspecified atom stereocenters. The number of carbonyl (C=O) groups is 1. The standard InChI is InChI=1S/C14H19BrN2O2.ClH/c1-19-13-7-10(5-6-12(13)15)17-14(18)11-4-2-3-9(11)8-16;/h5-7,9,11H,2-4,8,16H2,1H3,(H,17,18);1H/t9-,11-;/m1./s1. The number of carbonyl (C=O) groups excluding carboxylic acids is 1. The molecule has 0 radical (unpaired) electrons. The second-order valence-electron chi connectivity index (χ2n) is 4.87. The summed E-state index contributed by atoms with van der Waals surface area (Å²) in [5, 5.41) is 2.95. The van der Waals surface area contributed by atoms with Crippen molar-refractivity contribution < 1.29 is 9.53 Å². The van der Waals surface area contributed by atoms with E-state index in [2.05, 4.69) is 21.2 Å². The van der Waals surface area contributed by atoms with Crippen molar-refractivity contribution in [1.29, 1.82) is 0 Å². The Hall–Kier alpha value is -0.780. The van der Waals surface area contributed by atoms with Gasteiger partial charge in [-0.15, -0.1) is 12.4 Å². The van der Waals surface area contributed by atoms with E-state index in [4.69, 9.17) is 10.5 Å². The average Bonchev–Trinajstić information content (AvgIpc) is 2.89. The third kappa shape index (κ3) is 3.87. The van der Waals surface area contributed by atoms with Crippen molar-refractivity contribution in [3.63, 3.8) is 0 Å². The van der Waals surface area contributed by atoms with Gasteiger partial charge in [-0.05, 0) is 53.4 Å². The molecular weight excluding hydrogens is 344 g/mol. The molecule has 1 amide bonds. The van der Waals surface area contributed by atoms with Crippen LogP contribution >= 0.6 is 28.3 Å². The van der Waals surface area contributed by atoms with Crippen LogP contribution in [0.3, 0.4) is 0 Å². The van der Waals surface area contributed by atoms with E-state index >= 15 is 0 Å². The van der Waals surface area contributed by atoms with Gasteiger partial charge in [0.1, 0.15) is 5.75 Å². The Morgan fingerprint density at radius 3 is 2.90 bits per heavy atom. The Bertz CT molecular complexity index is 470. The zero-order valence-electron chi connectivity index (χ0n) is 11.4. The van der Waals surface area contributed by atoms with E-state index in [0.717, 1.165) is 29.4 Å². The fourth-order valence-electron chi connectivity index (χ4n) is 2.64. The van der Waals surface area contributed by atoms with Gasteiger partial charge in [0.15, 0.2) is 0 Å². The number of hydrogen-bond acceptors (Lipinski definition) is 3. The number of nitrogens with two attached hydrogens (primary N) is 1. The van der Waals surface area contributed by atoms with Crippen molar-refractivity contribution in [1.82, 2.24) is 0 Å². The minimum absolute atomic E-state index is 0. The summed E-state index contributed by atoms with van der Waals surface area (Å²) < 4.78 is 6.09. The van der Waals surface area contributed by atoms with Gasteiger partial charge in [-0.3, -0.25) is 4.79 Å². The van der Waals surface area contributed by atoms with Gasteiger partial charge in [-0.2, -0.15) is 0 Å². The Morgan fingerprint density at radius 1 is 1.50 bits per heavy atom. The molecular formula is C14H20BrClN2O2. The molecule has 1 saturated carbocycles. The first-order valence-electron chi connectivity index (χ1n) is 6.50. The zero-order valence-corrected chi connectivity index (χ0v) is 13.8. The van der Waals surface area contributed by atoms with E-state index in [0.29, 0.717) is 18.2 Å². The van der Waals surface area contributed by atoms with Gasteiger partial charge in [-0.25, -0.2) is 0 Å². The van der Waals surface area contributed by atoms with Crippen molar-refractivity contribution in [3.05, 3.63) is 22.7 Å². The second kappa shape index (κ2) is 7.86. The minimum Gasteiger partial charge on any atom is -0.495 e. The Kier molecular flexibility index (Phi) is 6.79. The number of methoxy groups -OCH3 is 1. The lowest BCUT2D eigenvalue weighted by molar-refractivity contribution is -0.120. The highest BCUT2D eigenvalue weighted by Gasteiger charge is 2.31. The van der Waals surface area contributed by atoms with E-state index in [1.165, 1.54) is 0 Å². The molecule has 3 N–H and O–H groups in total. The maximum atomic E-state index is 12.2. The Labute approximate surface area is 134 Å². The molecule has 6 heteroatoms. The lowest BCUT2D eigenvalue weighted by atomic mass is 9.95. The summed E-state index contributed by atoms with van der Waals surface area (Å²) >= 11 is 3.39. The van der Waals surface area contributed by atoms with Crippen molar-refractivity contribution >= 4 is 39.9 Å². The maximum Gasteiger partial charge on any atom is 0.227 e. The highest BCUT2D eigenvalue weighted by atomic mass is 79.9. The Morgan fingerprint density at radius 2 is 2.25 bits per heavy atom. The van der Waals surface area contributed by atoms with Crippen molar-refractivity contribution in [3.8, 4) is 5.75 Å². The predicted octanol–water partition coefficient (Wildman–Crippen LogP) is 3.19. The summed E-state index contributed by atoms with van der Waals surface area (Å²) in [5.41, 5.74) is 6.47. The van der Waals surface area contributed by atoms with Crippen LogP contribution in [-0.4, -0.2) is 19.6 Å². The summed E-state index contributed by atoms with van der Waals surface area (Å²) in [6.45, 7) is 0.585. The summed E-state index contributed by atoms with van der Waals surface area (Å²) in [7, 11) is 1.60. The summed E-state index contributed by atoms with van der Waals surface area (Å²) in [4.78, 5) is 12.2. The van der Waals surface area contributed by atoms with E-state index in [1.54, 1.807) is 7.11 Å². The lowest BCUT2D eigenvalue weighted by Gasteiger charge is -2.17. The number of halogens is 2. The van der Waals surface area contributed by atoms with Crippen molar-refractivity contribution in [2.45, 2.75) is 19.3 Å². The number of anilines is 1. The van der Waals surface area contributed by atoms with E-state index in [9.17, 15) is 4.79 Å². The summed E-state index contributed by atoms with van der Waals surface area (Å²) in [5.74, 6) is 1.13. The minimum atomic E-state index is 0. The van der Waals surface area contributed by atoms with Crippen LogP contribution in [0.25, 0.3) is 0 Å². The quantitative estimate of drug-likeness (QED) is 0.863. The monoisotopic (exact) mass is 362 g/mol. The number of amides is 1. The molecule has 0 aliphatic heterocycles. The average molecular weight is 364 g/mol. The van der Waals surface area contributed by atoms with Crippen LogP contribution in [0.5, 0.6) is 5.75 Å². The number of hydrogen-bond donors (Lipinski definition) is 2. The SMILES string of the molecule is COc1cc(NC(=O)[C@@H]2CCC[C@@H]2CN)ccc1Br.Cl. The summed E-state index contributed by atoms with van der Waals surface area (Å²) in [6, 6.07) is 5.54. The molecule has 1 aliphatic carbocycles. The van der Waals surface area contributed by atoms with Gasteiger partial charge >= 0.3 is 0 Å². The van der Waals surface area contributed by atoms with Crippen LogP contribution in [0.4, 0.5) is 5.69 Å². The van der Waals surface area contributed by atoms with Crippen LogP contribution < -0.4 is 15.8 Å². The lowest BCUT2D eigenvalue weighted by Crippen LogP contribution is -2.29. The van der Waals surface area contributed by atoms with Gasteiger partial charge in [0.2, 0.25) is 5.91 Å². The number of benzene rings is 1. The van der Waals surface area contributed by atoms with Crippen LogP contribution in [0.2, 0.25) is 0 Å². The van der Waals surface area contributed by atoms with Crippen molar-refractivity contribution in [2.24, 2.45) is 17.6 Å². The number of nitrogens with one attached hydrogen (secondary N) is 1. The van der Waals surface area contributed by atoms with Crippen LogP contribution in [-0.2, 0) is 4.79 Å². The molecule has 1 aliphatic rings. The van der Waals surface area contributed by atoms with Crippen LogP contribution in [0.15, 0.2) is 22.7 Å². The van der Waals surface area contributed by atoms with Gasteiger partial charge in [0, 0.05) is 17.7 Å². The second-order valence-corrected chi connectivity index (χ2v) is 5.73. The first-order valence-corrected chi connectivity index (χ1v) is 7.29. The van der Waals surface area contributed by atoms with Gasteiger partial charge in [-0.1, -0.05) is 6.42 Å². The molecule has 0 spiro atoms. The van der Waals surface area contributed by atoms with E-state index in [1.807, 2.05) is 18.2 Å². The third-order valence-electron chi connectivity index (χ3n) is 3.72. The molecule has 1 fully saturated rings. The smallest absolute Gasteiger partial charge is 0.227 e. The molecule has 0 bridgehead atoms. The molecule has 4 nitrogen and oxygen atoms in total. The highest BCUT2D eigenvalue weighted by Crippen LogP contribution is 2.33. The molecule has 2 rings (SSSR count). The molecule has 0 saturated heterocycles. The first kappa shape index (κ1) is 17.3. The normalized spacial score (nSPS) is 21.1.